The predicted molar refractivity (Wildman–Crippen MR) is 92.3 cm³/mol. The third-order valence-corrected chi connectivity index (χ3v) is 4.84. The van der Waals surface area contributed by atoms with E-state index in [-0.39, 0.29) is 6.61 Å². The van der Waals surface area contributed by atoms with Gasteiger partial charge in [-0.1, -0.05) is 6.92 Å². The number of piperazine rings is 1. The Labute approximate surface area is 139 Å². The minimum Gasteiger partial charge on any atom is -0.493 e. The third-order valence-electron chi connectivity index (χ3n) is 4.84. The average molecular weight is 322 g/mol. The fourth-order valence-electron chi connectivity index (χ4n) is 3.22. The number of nitrogens with zero attached hydrogens (tertiary/aromatic N) is 2. The van der Waals surface area contributed by atoms with Crippen molar-refractivity contribution in [3.63, 3.8) is 0 Å². The van der Waals surface area contributed by atoms with Gasteiger partial charge in [-0.3, -0.25) is 9.80 Å². The average Bonchev–Trinajstić information content (AvgIpc) is 2.58. The van der Waals surface area contributed by atoms with E-state index in [9.17, 15) is 5.11 Å². The van der Waals surface area contributed by atoms with E-state index < -0.39 is 0 Å². The molecule has 5 heteroatoms. The summed E-state index contributed by atoms with van der Waals surface area (Å²) in [4.78, 5) is 4.87. The van der Waals surface area contributed by atoms with Crippen LogP contribution in [-0.2, 0) is 6.54 Å². The summed E-state index contributed by atoms with van der Waals surface area (Å²) in [6.07, 6.45) is 1.01. The lowest BCUT2D eigenvalue weighted by atomic mass is 10.1. The van der Waals surface area contributed by atoms with Gasteiger partial charge in [-0.15, -0.1) is 0 Å². The van der Waals surface area contributed by atoms with Gasteiger partial charge in [-0.2, -0.15) is 0 Å². The zero-order valence-electron chi connectivity index (χ0n) is 14.8. The summed E-state index contributed by atoms with van der Waals surface area (Å²) in [7, 11) is 3.34. The van der Waals surface area contributed by atoms with Crippen molar-refractivity contribution < 1.29 is 14.6 Å². The molecule has 1 aliphatic rings. The fraction of sp³-hybridized carbons (Fsp3) is 0.667. The molecule has 130 valence electrons. The van der Waals surface area contributed by atoms with Crippen LogP contribution >= 0.6 is 0 Å². The first-order chi connectivity index (χ1) is 11.1. The highest BCUT2D eigenvalue weighted by atomic mass is 16.5. The van der Waals surface area contributed by atoms with Crippen molar-refractivity contribution in [3.8, 4) is 11.5 Å². The van der Waals surface area contributed by atoms with E-state index in [0.717, 1.165) is 50.6 Å². The maximum absolute atomic E-state index is 9.44. The molecule has 0 aromatic heterocycles. The predicted octanol–water partition coefficient (Wildman–Crippen LogP) is 1.90. The first kappa shape index (κ1) is 18.0. The molecule has 1 unspecified atom stereocenters. The molecule has 23 heavy (non-hydrogen) atoms. The van der Waals surface area contributed by atoms with Gasteiger partial charge in [0.1, 0.15) is 0 Å². The first-order valence-electron chi connectivity index (χ1n) is 8.41. The molecule has 1 aromatic rings. The van der Waals surface area contributed by atoms with E-state index in [2.05, 4.69) is 29.7 Å². The highest BCUT2D eigenvalue weighted by Crippen LogP contribution is 2.31. The molecule has 1 aromatic carbocycles. The van der Waals surface area contributed by atoms with E-state index in [0.29, 0.717) is 6.04 Å². The first-order valence-corrected chi connectivity index (χ1v) is 8.41. The monoisotopic (exact) mass is 322 g/mol. The Bertz CT molecular complexity index is 495. The number of rotatable bonds is 7. The van der Waals surface area contributed by atoms with Crippen molar-refractivity contribution in [1.29, 1.82) is 0 Å². The van der Waals surface area contributed by atoms with Crippen molar-refractivity contribution in [1.82, 2.24) is 9.80 Å². The fourth-order valence-corrected chi connectivity index (χ4v) is 3.22. The van der Waals surface area contributed by atoms with E-state index in [1.54, 1.807) is 14.2 Å². The van der Waals surface area contributed by atoms with E-state index in [1.807, 2.05) is 6.07 Å². The van der Waals surface area contributed by atoms with Crippen LogP contribution in [0.4, 0.5) is 0 Å². The number of hydrogen-bond acceptors (Lipinski definition) is 5. The maximum atomic E-state index is 9.44. The number of ether oxygens (including phenoxy) is 2. The summed E-state index contributed by atoms with van der Waals surface area (Å²) in [6.45, 7) is 9.54. The van der Waals surface area contributed by atoms with Gasteiger partial charge in [-0.05, 0) is 36.6 Å². The molecular formula is C18H30N2O3. The molecule has 1 heterocycles. The lowest BCUT2D eigenvalue weighted by Crippen LogP contribution is -2.50. The van der Waals surface area contributed by atoms with E-state index in [1.165, 1.54) is 11.1 Å². The van der Waals surface area contributed by atoms with Gasteiger partial charge in [0, 0.05) is 38.8 Å². The molecule has 1 fully saturated rings. The minimum atomic E-state index is 0.255. The second-order valence-corrected chi connectivity index (χ2v) is 6.19. The van der Waals surface area contributed by atoms with Crippen LogP contribution in [0.2, 0.25) is 0 Å². The zero-order chi connectivity index (χ0) is 16.8. The normalized spacial score (nSPS) is 18.0. The molecule has 0 bridgehead atoms. The topological polar surface area (TPSA) is 45.2 Å². The van der Waals surface area contributed by atoms with Gasteiger partial charge in [-0.25, -0.2) is 0 Å². The number of benzene rings is 1. The summed E-state index contributed by atoms with van der Waals surface area (Å²) in [5.74, 6) is 1.57. The Kier molecular flexibility index (Phi) is 6.69. The summed E-state index contributed by atoms with van der Waals surface area (Å²) >= 11 is 0. The van der Waals surface area contributed by atoms with Gasteiger partial charge in [0.25, 0.3) is 0 Å². The molecule has 1 aliphatic heterocycles. The van der Waals surface area contributed by atoms with Gasteiger partial charge in [0.05, 0.1) is 20.8 Å². The quantitative estimate of drug-likeness (QED) is 0.831. The van der Waals surface area contributed by atoms with Crippen molar-refractivity contribution in [2.45, 2.75) is 32.9 Å². The Balaban J connectivity index is 1.99. The highest BCUT2D eigenvalue weighted by molar-refractivity contribution is 5.47. The number of aryl methyl sites for hydroxylation is 1. The third kappa shape index (κ3) is 4.37. The van der Waals surface area contributed by atoms with Crippen molar-refractivity contribution in [3.05, 3.63) is 23.3 Å². The maximum Gasteiger partial charge on any atom is 0.161 e. The number of hydrogen-bond donors (Lipinski definition) is 1. The molecule has 1 atom stereocenters. The number of methoxy groups -OCH3 is 2. The van der Waals surface area contributed by atoms with E-state index in [4.69, 9.17) is 9.47 Å². The largest absolute Gasteiger partial charge is 0.493 e. The van der Waals surface area contributed by atoms with Gasteiger partial charge < -0.3 is 14.6 Å². The Morgan fingerprint density at radius 3 is 2.22 bits per heavy atom. The summed E-state index contributed by atoms with van der Waals surface area (Å²) in [6, 6.07) is 4.44. The van der Waals surface area contributed by atoms with Gasteiger partial charge >= 0.3 is 0 Å². The summed E-state index contributed by atoms with van der Waals surface area (Å²) < 4.78 is 10.8. The second kappa shape index (κ2) is 8.52. The lowest BCUT2D eigenvalue weighted by molar-refractivity contribution is 0.0607. The SMILES string of the molecule is CCC(CO)N1CCN(Cc2cc(OC)c(OC)cc2C)CC1. The molecule has 0 spiro atoms. The van der Waals surface area contributed by atoms with Crippen LogP contribution < -0.4 is 9.47 Å². The summed E-state index contributed by atoms with van der Waals surface area (Å²) in [5, 5.41) is 9.44. The molecule has 0 saturated carbocycles. The van der Waals surface area contributed by atoms with Gasteiger partial charge in [0.15, 0.2) is 11.5 Å². The molecule has 1 saturated heterocycles. The van der Waals surface area contributed by atoms with Crippen LogP contribution in [0.1, 0.15) is 24.5 Å². The molecule has 5 nitrogen and oxygen atoms in total. The standard InChI is InChI=1S/C18H30N2O3/c1-5-16(13-21)20-8-6-19(7-9-20)12-15-11-18(23-4)17(22-3)10-14(15)2/h10-11,16,21H,5-9,12-13H2,1-4H3. The molecule has 0 aliphatic carbocycles. The molecule has 2 rings (SSSR count). The van der Waals surface area contributed by atoms with Crippen molar-refractivity contribution >= 4 is 0 Å². The Morgan fingerprint density at radius 2 is 1.70 bits per heavy atom. The van der Waals surface area contributed by atoms with Gasteiger partial charge in [0.2, 0.25) is 0 Å². The highest BCUT2D eigenvalue weighted by Gasteiger charge is 2.22. The zero-order valence-corrected chi connectivity index (χ0v) is 14.8. The van der Waals surface area contributed by atoms with Crippen LogP contribution in [0.3, 0.4) is 0 Å². The number of aliphatic hydroxyl groups excluding tert-OH is 1. The Hall–Kier alpha value is -1.30. The summed E-state index contributed by atoms with van der Waals surface area (Å²) in [5.41, 5.74) is 2.51. The van der Waals surface area contributed by atoms with Crippen LogP contribution in [0.5, 0.6) is 11.5 Å². The van der Waals surface area contributed by atoms with E-state index >= 15 is 0 Å². The molecule has 0 radical (unpaired) electrons. The van der Waals surface area contributed by atoms with Crippen molar-refractivity contribution in [2.24, 2.45) is 0 Å². The number of aliphatic hydroxyl groups is 1. The molecule has 0 amide bonds. The second-order valence-electron chi connectivity index (χ2n) is 6.19. The Morgan fingerprint density at radius 1 is 1.09 bits per heavy atom. The van der Waals surface area contributed by atoms with Crippen LogP contribution in [0.15, 0.2) is 12.1 Å². The van der Waals surface area contributed by atoms with Crippen LogP contribution in [-0.4, -0.2) is 68.0 Å². The molecule has 1 N–H and O–H groups in total. The minimum absolute atomic E-state index is 0.255. The van der Waals surface area contributed by atoms with Crippen molar-refractivity contribution in [2.75, 3.05) is 47.0 Å². The van der Waals surface area contributed by atoms with Crippen LogP contribution in [0, 0.1) is 6.92 Å². The lowest BCUT2D eigenvalue weighted by Gasteiger charge is -2.38. The molecular weight excluding hydrogens is 292 g/mol. The smallest absolute Gasteiger partial charge is 0.161 e. The van der Waals surface area contributed by atoms with Crippen LogP contribution in [0.25, 0.3) is 0 Å².